The molecule has 0 bridgehead atoms. The highest BCUT2D eigenvalue weighted by Crippen LogP contribution is 2.26. The first-order valence-corrected chi connectivity index (χ1v) is 6.50. The Morgan fingerprint density at radius 2 is 1.80 bits per heavy atom. The summed E-state index contributed by atoms with van der Waals surface area (Å²) in [5, 5.41) is 0. The second-order valence-electron chi connectivity index (χ2n) is 4.64. The maximum absolute atomic E-state index is 13.0. The summed E-state index contributed by atoms with van der Waals surface area (Å²) in [6.07, 6.45) is 1.66. The molecule has 0 atom stereocenters. The first kappa shape index (κ1) is 14.2. The summed E-state index contributed by atoms with van der Waals surface area (Å²) in [6, 6.07) is 11.5. The molecule has 104 valence electrons. The van der Waals surface area contributed by atoms with Gasteiger partial charge >= 0.3 is 0 Å². The quantitative estimate of drug-likeness (QED) is 0.878. The Hall–Kier alpha value is -2.20. The molecule has 3 nitrogen and oxygen atoms in total. The number of carbonyl (C=O) groups excluding carboxylic acids is 1. The van der Waals surface area contributed by atoms with E-state index in [0.29, 0.717) is 12.1 Å². The molecule has 2 aromatic rings. The minimum absolute atomic E-state index is 0.289. The lowest BCUT2D eigenvalue weighted by Crippen LogP contribution is -2.11. The molecule has 0 unspecified atom stereocenters. The van der Waals surface area contributed by atoms with Crippen LogP contribution in [-0.4, -0.2) is 12.5 Å². The van der Waals surface area contributed by atoms with Gasteiger partial charge in [0, 0.05) is 5.56 Å². The van der Waals surface area contributed by atoms with E-state index in [1.165, 1.54) is 12.1 Å². The third kappa shape index (κ3) is 3.22. The van der Waals surface area contributed by atoms with Crippen molar-refractivity contribution < 1.29 is 9.18 Å². The van der Waals surface area contributed by atoms with Crippen molar-refractivity contribution in [2.75, 3.05) is 6.54 Å². The molecule has 0 saturated carbocycles. The number of halogens is 1. The molecule has 4 N–H and O–H groups in total. The van der Waals surface area contributed by atoms with Gasteiger partial charge in [-0.1, -0.05) is 18.2 Å². The van der Waals surface area contributed by atoms with E-state index in [0.717, 1.165) is 29.5 Å². The van der Waals surface area contributed by atoms with Crippen LogP contribution in [0.1, 0.15) is 22.3 Å². The van der Waals surface area contributed by atoms with E-state index in [4.69, 9.17) is 11.5 Å². The maximum atomic E-state index is 13.0. The standard InChI is InChI=1S/C16H17FN2O/c17-14-7-5-12(6-8-14)15-10-13(16(19)20)4-3-11(15)2-1-9-18/h3-8,10H,1-2,9,18H2,(H2,19,20). The topological polar surface area (TPSA) is 69.1 Å². The third-order valence-corrected chi connectivity index (χ3v) is 3.20. The van der Waals surface area contributed by atoms with Crippen LogP contribution in [0.15, 0.2) is 42.5 Å². The van der Waals surface area contributed by atoms with E-state index in [9.17, 15) is 9.18 Å². The molecular weight excluding hydrogens is 255 g/mol. The van der Waals surface area contributed by atoms with Gasteiger partial charge in [0.25, 0.3) is 0 Å². The van der Waals surface area contributed by atoms with E-state index in [1.807, 2.05) is 6.07 Å². The fourth-order valence-corrected chi connectivity index (χ4v) is 2.14. The number of carbonyl (C=O) groups is 1. The molecular formula is C16H17FN2O. The predicted molar refractivity (Wildman–Crippen MR) is 77.7 cm³/mol. The molecule has 0 aliphatic rings. The van der Waals surface area contributed by atoms with Crippen LogP contribution in [-0.2, 0) is 6.42 Å². The number of primary amides is 1. The Labute approximate surface area is 117 Å². The Balaban J connectivity index is 2.47. The zero-order valence-electron chi connectivity index (χ0n) is 11.1. The van der Waals surface area contributed by atoms with Crippen LogP contribution in [0, 0.1) is 5.82 Å². The monoisotopic (exact) mass is 272 g/mol. The Kier molecular flexibility index (Phi) is 4.48. The molecule has 1 amide bonds. The molecule has 2 rings (SSSR count). The van der Waals surface area contributed by atoms with E-state index in [1.54, 1.807) is 24.3 Å². The van der Waals surface area contributed by atoms with Gasteiger partial charge in [-0.3, -0.25) is 4.79 Å². The molecule has 0 aliphatic heterocycles. The van der Waals surface area contributed by atoms with Crippen molar-refractivity contribution in [3.63, 3.8) is 0 Å². The summed E-state index contributed by atoms with van der Waals surface area (Å²) < 4.78 is 13.0. The number of rotatable bonds is 5. The van der Waals surface area contributed by atoms with Crippen LogP contribution in [0.3, 0.4) is 0 Å². The van der Waals surface area contributed by atoms with Gasteiger partial charge in [-0.25, -0.2) is 4.39 Å². The SMILES string of the molecule is NCCCc1ccc(C(N)=O)cc1-c1ccc(F)cc1. The molecule has 0 radical (unpaired) electrons. The maximum Gasteiger partial charge on any atom is 0.248 e. The average molecular weight is 272 g/mol. The van der Waals surface area contributed by atoms with E-state index in [2.05, 4.69) is 0 Å². The van der Waals surface area contributed by atoms with Gasteiger partial charge in [0.1, 0.15) is 5.82 Å². The van der Waals surface area contributed by atoms with Crippen LogP contribution < -0.4 is 11.5 Å². The highest BCUT2D eigenvalue weighted by molar-refractivity contribution is 5.94. The molecule has 0 spiro atoms. The van der Waals surface area contributed by atoms with E-state index < -0.39 is 5.91 Å². The van der Waals surface area contributed by atoms with Crippen LogP contribution >= 0.6 is 0 Å². The zero-order valence-corrected chi connectivity index (χ0v) is 11.1. The first-order valence-electron chi connectivity index (χ1n) is 6.50. The number of aryl methyl sites for hydroxylation is 1. The molecule has 0 saturated heterocycles. The lowest BCUT2D eigenvalue weighted by molar-refractivity contribution is 0.100. The second-order valence-corrected chi connectivity index (χ2v) is 4.64. The Morgan fingerprint density at radius 3 is 2.40 bits per heavy atom. The fraction of sp³-hybridized carbons (Fsp3) is 0.188. The zero-order chi connectivity index (χ0) is 14.5. The normalized spacial score (nSPS) is 10.5. The van der Waals surface area contributed by atoms with Gasteiger partial charge in [0.15, 0.2) is 0 Å². The summed E-state index contributed by atoms with van der Waals surface area (Å²) >= 11 is 0. The summed E-state index contributed by atoms with van der Waals surface area (Å²) in [5.41, 5.74) is 14.1. The highest BCUT2D eigenvalue weighted by atomic mass is 19.1. The lowest BCUT2D eigenvalue weighted by Gasteiger charge is -2.11. The highest BCUT2D eigenvalue weighted by Gasteiger charge is 2.09. The minimum atomic E-state index is -0.473. The second kappa shape index (κ2) is 6.30. The minimum Gasteiger partial charge on any atom is -0.366 e. The van der Waals surface area contributed by atoms with E-state index in [-0.39, 0.29) is 5.82 Å². The van der Waals surface area contributed by atoms with Crippen LogP contribution in [0.4, 0.5) is 4.39 Å². The summed E-state index contributed by atoms with van der Waals surface area (Å²) in [6.45, 7) is 0.598. The molecule has 2 aromatic carbocycles. The number of nitrogens with two attached hydrogens (primary N) is 2. The van der Waals surface area contributed by atoms with Crippen molar-refractivity contribution in [3.8, 4) is 11.1 Å². The number of amides is 1. The van der Waals surface area contributed by atoms with Gasteiger partial charge in [-0.2, -0.15) is 0 Å². The molecule has 0 aromatic heterocycles. The van der Waals surface area contributed by atoms with Crippen molar-refractivity contribution >= 4 is 5.91 Å². The van der Waals surface area contributed by atoms with Crippen molar-refractivity contribution in [1.29, 1.82) is 0 Å². The number of benzene rings is 2. The average Bonchev–Trinajstić information content (AvgIpc) is 2.45. The molecule has 4 heteroatoms. The summed E-state index contributed by atoms with van der Waals surface area (Å²) in [4.78, 5) is 11.3. The first-order chi connectivity index (χ1) is 9.61. The predicted octanol–water partition coefficient (Wildman–Crippen LogP) is 2.48. The molecule has 0 fully saturated rings. The van der Waals surface area contributed by atoms with Crippen molar-refractivity contribution in [1.82, 2.24) is 0 Å². The number of hydrogen-bond donors (Lipinski definition) is 2. The van der Waals surface area contributed by atoms with Gasteiger partial charge < -0.3 is 11.5 Å². The molecule has 0 heterocycles. The smallest absolute Gasteiger partial charge is 0.248 e. The summed E-state index contributed by atoms with van der Waals surface area (Å²) in [7, 11) is 0. The van der Waals surface area contributed by atoms with Crippen LogP contribution in [0.5, 0.6) is 0 Å². The fourth-order valence-electron chi connectivity index (χ4n) is 2.14. The van der Waals surface area contributed by atoms with E-state index >= 15 is 0 Å². The third-order valence-electron chi connectivity index (χ3n) is 3.20. The van der Waals surface area contributed by atoms with Gasteiger partial charge in [-0.15, -0.1) is 0 Å². The van der Waals surface area contributed by atoms with Crippen LogP contribution in [0.25, 0.3) is 11.1 Å². The summed E-state index contributed by atoms with van der Waals surface area (Å²) in [5.74, 6) is -0.762. The lowest BCUT2D eigenvalue weighted by atomic mass is 9.94. The molecule has 0 aliphatic carbocycles. The van der Waals surface area contributed by atoms with Crippen LogP contribution in [0.2, 0.25) is 0 Å². The van der Waals surface area contributed by atoms with Gasteiger partial charge in [0.2, 0.25) is 5.91 Å². The van der Waals surface area contributed by atoms with Crippen molar-refractivity contribution in [2.45, 2.75) is 12.8 Å². The Morgan fingerprint density at radius 1 is 1.10 bits per heavy atom. The van der Waals surface area contributed by atoms with Crippen molar-refractivity contribution in [3.05, 3.63) is 59.4 Å². The number of hydrogen-bond acceptors (Lipinski definition) is 2. The Bertz CT molecular complexity index is 608. The van der Waals surface area contributed by atoms with Gasteiger partial charge in [0.05, 0.1) is 0 Å². The van der Waals surface area contributed by atoms with Crippen molar-refractivity contribution in [2.24, 2.45) is 11.5 Å². The largest absolute Gasteiger partial charge is 0.366 e. The molecule has 20 heavy (non-hydrogen) atoms. The van der Waals surface area contributed by atoms with Gasteiger partial charge in [-0.05, 0) is 60.3 Å².